The van der Waals surface area contributed by atoms with Gasteiger partial charge in [-0.25, -0.2) is 0 Å². The highest BCUT2D eigenvalue weighted by atomic mass is 19.4. The highest BCUT2D eigenvalue weighted by molar-refractivity contribution is 5.95. The summed E-state index contributed by atoms with van der Waals surface area (Å²) in [7, 11) is 0. The summed E-state index contributed by atoms with van der Waals surface area (Å²) in [4.78, 5) is 22.8. The van der Waals surface area contributed by atoms with Crippen LogP contribution in [0.25, 0.3) is 0 Å². The van der Waals surface area contributed by atoms with Crippen LogP contribution in [0.4, 0.5) is 13.2 Å². The van der Waals surface area contributed by atoms with Crippen LogP contribution >= 0.6 is 0 Å². The second-order valence-corrected chi connectivity index (χ2v) is 4.25. The molecule has 1 saturated heterocycles. The van der Waals surface area contributed by atoms with E-state index < -0.39 is 18.0 Å². The Hall–Kier alpha value is -2.25. The zero-order valence-electron chi connectivity index (χ0n) is 10.2. The van der Waals surface area contributed by atoms with Crippen molar-refractivity contribution in [1.29, 1.82) is 0 Å². The molecule has 0 aromatic heterocycles. The molecule has 1 aliphatic rings. The maximum absolute atomic E-state index is 12.0. The number of carbonyl (C=O) groups excluding carboxylic acids is 2. The van der Waals surface area contributed by atoms with Crippen LogP contribution in [0.15, 0.2) is 24.3 Å². The van der Waals surface area contributed by atoms with E-state index in [9.17, 15) is 22.8 Å². The SMILES string of the molecule is O=C1CC(NC(=O)c2ccc(OC(F)(F)F)cc2)CN1. The molecule has 2 amide bonds. The number of nitrogens with one attached hydrogen (secondary N) is 2. The molecule has 1 heterocycles. The van der Waals surface area contributed by atoms with Gasteiger partial charge in [0.25, 0.3) is 5.91 Å². The van der Waals surface area contributed by atoms with Crippen LogP contribution in [-0.2, 0) is 4.79 Å². The van der Waals surface area contributed by atoms with Crippen LogP contribution in [0, 0.1) is 0 Å². The molecule has 0 radical (unpaired) electrons. The number of alkyl halides is 3. The van der Waals surface area contributed by atoms with Gasteiger partial charge in [0.05, 0.1) is 6.04 Å². The smallest absolute Gasteiger partial charge is 0.406 e. The molecule has 108 valence electrons. The molecule has 5 nitrogen and oxygen atoms in total. The molecule has 2 N–H and O–H groups in total. The zero-order valence-corrected chi connectivity index (χ0v) is 10.2. The molecule has 2 rings (SSSR count). The van der Waals surface area contributed by atoms with Gasteiger partial charge in [0.2, 0.25) is 5.91 Å². The lowest BCUT2D eigenvalue weighted by Gasteiger charge is -2.11. The Bertz CT molecular complexity index is 514. The fourth-order valence-corrected chi connectivity index (χ4v) is 1.78. The van der Waals surface area contributed by atoms with Crippen molar-refractivity contribution in [1.82, 2.24) is 10.6 Å². The Morgan fingerprint density at radius 1 is 1.30 bits per heavy atom. The van der Waals surface area contributed by atoms with E-state index in [-0.39, 0.29) is 23.9 Å². The summed E-state index contributed by atoms with van der Waals surface area (Å²) >= 11 is 0. The van der Waals surface area contributed by atoms with Gasteiger partial charge in [-0.15, -0.1) is 13.2 Å². The van der Waals surface area contributed by atoms with E-state index in [0.717, 1.165) is 12.1 Å². The molecule has 0 spiro atoms. The minimum absolute atomic E-state index is 0.149. The molecule has 8 heteroatoms. The lowest BCUT2D eigenvalue weighted by molar-refractivity contribution is -0.274. The summed E-state index contributed by atoms with van der Waals surface area (Å²) in [5, 5.41) is 5.17. The van der Waals surface area contributed by atoms with E-state index >= 15 is 0 Å². The molecule has 1 unspecified atom stereocenters. The number of amides is 2. The van der Waals surface area contributed by atoms with Gasteiger partial charge >= 0.3 is 6.36 Å². The van der Waals surface area contributed by atoms with Gasteiger partial charge in [-0.2, -0.15) is 0 Å². The summed E-state index contributed by atoms with van der Waals surface area (Å²) < 4.78 is 39.6. The summed E-state index contributed by atoms with van der Waals surface area (Å²) in [6.45, 7) is 0.347. The summed E-state index contributed by atoms with van der Waals surface area (Å²) in [5.41, 5.74) is 0.193. The number of rotatable bonds is 3. The lowest BCUT2D eigenvalue weighted by Crippen LogP contribution is -2.36. The molecule has 1 aliphatic heterocycles. The van der Waals surface area contributed by atoms with E-state index in [1.54, 1.807) is 0 Å². The Morgan fingerprint density at radius 3 is 2.45 bits per heavy atom. The first-order chi connectivity index (χ1) is 9.33. The maximum atomic E-state index is 12.0. The Kier molecular flexibility index (Phi) is 3.82. The van der Waals surface area contributed by atoms with Crippen molar-refractivity contribution in [3.63, 3.8) is 0 Å². The predicted molar refractivity (Wildman–Crippen MR) is 62.0 cm³/mol. The molecular weight excluding hydrogens is 277 g/mol. The topological polar surface area (TPSA) is 67.4 Å². The number of hydrogen-bond acceptors (Lipinski definition) is 3. The third kappa shape index (κ3) is 3.87. The lowest BCUT2D eigenvalue weighted by atomic mass is 10.2. The average Bonchev–Trinajstić information content (AvgIpc) is 2.73. The van der Waals surface area contributed by atoms with Crippen LogP contribution in [0.5, 0.6) is 5.75 Å². The number of ether oxygens (including phenoxy) is 1. The van der Waals surface area contributed by atoms with Crippen molar-refractivity contribution in [2.45, 2.75) is 18.8 Å². The zero-order chi connectivity index (χ0) is 14.8. The number of carbonyl (C=O) groups is 2. The highest BCUT2D eigenvalue weighted by Gasteiger charge is 2.31. The molecular formula is C12H11F3N2O3. The fraction of sp³-hybridized carbons (Fsp3) is 0.333. The van der Waals surface area contributed by atoms with Crippen molar-refractivity contribution in [3.05, 3.63) is 29.8 Å². The van der Waals surface area contributed by atoms with E-state index in [1.807, 2.05) is 0 Å². The van der Waals surface area contributed by atoms with E-state index in [2.05, 4.69) is 15.4 Å². The van der Waals surface area contributed by atoms with Crippen LogP contribution in [0.1, 0.15) is 16.8 Å². The molecule has 1 fully saturated rings. The molecule has 20 heavy (non-hydrogen) atoms. The molecule has 1 atom stereocenters. The van der Waals surface area contributed by atoms with E-state index in [4.69, 9.17) is 0 Å². The van der Waals surface area contributed by atoms with Crippen molar-refractivity contribution >= 4 is 11.8 Å². The average molecular weight is 288 g/mol. The van der Waals surface area contributed by atoms with Gasteiger partial charge in [0.1, 0.15) is 5.75 Å². The fourth-order valence-electron chi connectivity index (χ4n) is 1.78. The van der Waals surface area contributed by atoms with Gasteiger partial charge in [-0.05, 0) is 24.3 Å². The Morgan fingerprint density at radius 2 is 1.95 bits per heavy atom. The quantitative estimate of drug-likeness (QED) is 0.878. The second-order valence-electron chi connectivity index (χ2n) is 4.25. The van der Waals surface area contributed by atoms with Gasteiger partial charge in [-0.1, -0.05) is 0 Å². The highest BCUT2D eigenvalue weighted by Crippen LogP contribution is 2.22. The molecule has 1 aromatic rings. The van der Waals surface area contributed by atoms with Crippen LogP contribution in [0.3, 0.4) is 0 Å². The largest absolute Gasteiger partial charge is 0.573 e. The Labute approximate surface area is 112 Å². The van der Waals surface area contributed by atoms with E-state index in [1.165, 1.54) is 12.1 Å². The van der Waals surface area contributed by atoms with Crippen molar-refractivity contribution < 1.29 is 27.5 Å². The van der Waals surface area contributed by atoms with Crippen molar-refractivity contribution in [2.24, 2.45) is 0 Å². The first-order valence-corrected chi connectivity index (χ1v) is 5.77. The first kappa shape index (κ1) is 14.2. The standard InChI is InChI=1S/C12H11F3N2O3/c13-12(14,15)20-9-3-1-7(2-4-9)11(19)17-8-5-10(18)16-6-8/h1-4,8H,5-6H2,(H,16,18)(H,17,19). The van der Waals surface area contributed by atoms with Crippen LogP contribution in [-0.4, -0.2) is 30.8 Å². The summed E-state index contributed by atoms with van der Waals surface area (Å²) in [6, 6.07) is 4.25. The molecule has 0 bridgehead atoms. The normalized spacial score (nSPS) is 18.6. The molecule has 0 saturated carbocycles. The monoisotopic (exact) mass is 288 g/mol. The van der Waals surface area contributed by atoms with Crippen molar-refractivity contribution in [3.8, 4) is 5.75 Å². The number of halogens is 3. The summed E-state index contributed by atoms with van der Waals surface area (Å²) in [6.07, 6.45) is -4.57. The second kappa shape index (κ2) is 5.40. The minimum atomic E-state index is -4.76. The van der Waals surface area contributed by atoms with Crippen molar-refractivity contribution in [2.75, 3.05) is 6.54 Å². The van der Waals surface area contributed by atoms with Crippen LogP contribution < -0.4 is 15.4 Å². The summed E-state index contributed by atoms with van der Waals surface area (Å²) in [5.74, 6) is -0.999. The molecule has 1 aromatic carbocycles. The van der Waals surface area contributed by atoms with E-state index in [0.29, 0.717) is 6.54 Å². The maximum Gasteiger partial charge on any atom is 0.573 e. The third-order valence-corrected chi connectivity index (χ3v) is 2.66. The molecule has 0 aliphatic carbocycles. The Balaban J connectivity index is 1.95. The first-order valence-electron chi connectivity index (χ1n) is 5.77. The number of benzene rings is 1. The predicted octanol–water partition coefficient (Wildman–Crippen LogP) is 1.20. The van der Waals surface area contributed by atoms with Gasteiger partial charge in [0, 0.05) is 18.5 Å². The minimum Gasteiger partial charge on any atom is -0.406 e. The van der Waals surface area contributed by atoms with Gasteiger partial charge in [-0.3, -0.25) is 9.59 Å². The van der Waals surface area contributed by atoms with Gasteiger partial charge in [0.15, 0.2) is 0 Å². The van der Waals surface area contributed by atoms with Gasteiger partial charge < -0.3 is 15.4 Å². The van der Waals surface area contributed by atoms with Crippen LogP contribution in [0.2, 0.25) is 0 Å². The number of hydrogen-bond donors (Lipinski definition) is 2. The third-order valence-electron chi connectivity index (χ3n) is 2.66.